The lowest BCUT2D eigenvalue weighted by molar-refractivity contribution is 0.587. The molecule has 3 nitrogen and oxygen atoms in total. The summed E-state index contributed by atoms with van der Waals surface area (Å²) in [4.78, 5) is 4.12. The largest absolute Gasteiger partial charge is 0.397 e. The first-order valence-corrected chi connectivity index (χ1v) is 6.78. The first-order chi connectivity index (χ1) is 5.82. The van der Waals surface area contributed by atoms with Crippen LogP contribution in [0.4, 0.5) is 5.69 Å². The highest BCUT2D eigenvalue weighted by atomic mass is 35.5. The van der Waals surface area contributed by atoms with Gasteiger partial charge in [0.15, 0.2) is 0 Å². The highest BCUT2D eigenvalue weighted by molar-refractivity contribution is 7.70. The van der Waals surface area contributed by atoms with E-state index in [-0.39, 0.29) is 0 Å². The molecule has 0 bridgehead atoms. The van der Waals surface area contributed by atoms with Gasteiger partial charge in [0.2, 0.25) is 0 Å². The van der Waals surface area contributed by atoms with Crippen molar-refractivity contribution in [2.45, 2.75) is 6.92 Å². The van der Waals surface area contributed by atoms with Crippen molar-refractivity contribution in [1.82, 2.24) is 4.98 Å². The topological polar surface area (TPSA) is 56.0 Å². The molecule has 0 aliphatic rings. The lowest BCUT2D eigenvalue weighted by atomic mass is 10.3. The normalized spacial score (nSPS) is 11.7. The SMILES string of the molecule is Cc1nc(P(C)(C)=O)c(Cl)cc1N. The number of hydrogen-bond acceptors (Lipinski definition) is 3. The van der Waals surface area contributed by atoms with E-state index < -0.39 is 7.14 Å². The molecule has 1 aromatic heterocycles. The Morgan fingerprint density at radius 2 is 2.08 bits per heavy atom. The van der Waals surface area contributed by atoms with Crippen LogP contribution in [0, 0.1) is 6.92 Å². The van der Waals surface area contributed by atoms with E-state index >= 15 is 0 Å². The van der Waals surface area contributed by atoms with E-state index in [1.807, 2.05) is 0 Å². The number of nitrogens with zero attached hydrogens (tertiary/aromatic N) is 1. The standard InChI is InChI=1S/C8H12ClN2OP/c1-5-7(10)4-6(9)8(11-5)13(2,3)12/h4H,10H2,1-3H3. The number of aryl methyl sites for hydroxylation is 1. The zero-order valence-corrected chi connectivity index (χ0v) is 9.49. The van der Waals surface area contributed by atoms with E-state index in [0.717, 1.165) is 0 Å². The van der Waals surface area contributed by atoms with Crippen LogP contribution in [-0.4, -0.2) is 18.3 Å². The number of hydrogen-bond donors (Lipinski definition) is 1. The van der Waals surface area contributed by atoms with Gasteiger partial charge >= 0.3 is 0 Å². The predicted octanol–water partition coefficient (Wildman–Crippen LogP) is 1.87. The van der Waals surface area contributed by atoms with Gasteiger partial charge in [-0.1, -0.05) is 11.6 Å². The van der Waals surface area contributed by atoms with Crippen LogP contribution in [0.15, 0.2) is 6.07 Å². The molecule has 1 heterocycles. The van der Waals surface area contributed by atoms with E-state index in [1.165, 1.54) is 0 Å². The molecule has 0 spiro atoms. The van der Waals surface area contributed by atoms with E-state index in [1.54, 1.807) is 26.3 Å². The lowest BCUT2D eigenvalue weighted by Crippen LogP contribution is -2.12. The Morgan fingerprint density at radius 3 is 2.54 bits per heavy atom. The van der Waals surface area contributed by atoms with E-state index in [0.29, 0.717) is 21.8 Å². The summed E-state index contributed by atoms with van der Waals surface area (Å²) in [5.41, 5.74) is 7.25. The fourth-order valence-corrected chi connectivity index (χ4v) is 2.70. The molecule has 0 saturated carbocycles. The molecule has 0 aliphatic heterocycles. The second kappa shape index (κ2) is 3.32. The van der Waals surface area contributed by atoms with E-state index in [9.17, 15) is 4.57 Å². The van der Waals surface area contributed by atoms with Crippen LogP contribution in [0.2, 0.25) is 5.02 Å². The van der Waals surface area contributed by atoms with Crippen LogP contribution in [0.25, 0.3) is 0 Å². The first kappa shape index (κ1) is 10.6. The van der Waals surface area contributed by atoms with Crippen molar-refractivity contribution in [3.63, 3.8) is 0 Å². The second-order valence-corrected chi connectivity index (χ2v) is 6.85. The molecule has 0 radical (unpaired) electrons. The van der Waals surface area contributed by atoms with Crippen molar-refractivity contribution in [2.75, 3.05) is 19.1 Å². The van der Waals surface area contributed by atoms with Gasteiger partial charge in [-0.25, -0.2) is 4.98 Å². The summed E-state index contributed by atoms with van der Waals surface area (Å²) in [5, 5.41) is 0.386. The number of nitrogen functional groups attached to an aromatic ring is 1. The summed E-state index contributed by atoms with van der Waals surface area (Å²) >= 11 is 5.87. The van der Waals surface area contributed by atoms with Crippen molar-refractivity contribution < 1.29 is 4.57 Å². The average Bonchev–Trinajstić information content (AvgIpc) is 1.94. The highest BCUT2D eigenvalue weighted by Gasteiger charge is 2.18. The van der Waals surface area contributed by atoms with Crippen LogP contribution >= 0.6 is 18.7 Å². The molecule has 2 N–H and O–H groups in total. The first-order valence-electron chi connectivity index (χ1n) is 3.80. The minimum absolute atomic E-state index is 0.386. The van der Waals surface area contributed by atoms with Crippen LogP contribution in [0.5, 0.6) is 0 Å². The summed E-state index contributed by atoms with van der Waals surface area (Å²) in [6, 6.07) is 1.60. The summed E-state index contributed by atoms with van der Waals surface area (Å²) < 4.78 is 11.7. The molecule has 0 fully saturated rings. The number of rotatable bonds is 1. The van der Waals surface area contributed by atoms with Crippen molar-refractivity contribution >= 4 is 29.9 Å². The smallest absolute Gasteiger partial charge is 0.128 e. The van der Waals surface area contributed by atoms with Gasteiger partial charge in [-0.05, 0) is 26.3 Å². The quantitative estimate of drug-likeness (QED) is 0.733. The Hall–Kier alpha value is -0.530. The van der Waals surface area contributed by atoms with Gasteiger partial charge in [-0.2, -0.15) is 0 Å². The molecule has 5 heteroatoms. The number of nitrogens with two attached hydrogens (primary N) is 1. The maximum Gasteiger partial charge on any atom is 0.128 e. The van der Waals surface area contributed by atoms with Gasteiger partial charge < -0.3 is 10.3 Å². The monoisotopic (exact) mass is 218 g/mol. The van der Waals surface area contributed by atoms with Gasteiger partial charge in [0.1, 0.15) is 12.6 Å². The molecular formula is C8H12ClN2OP. The van der Waals surface area contributed by atoms with Crippen molar-refractivity contribution in [1.29, 1.82) is 0 Å². The molecule has 0 atom stereocenters. The summed E-state index contributed by atoms with van der Waals surface area (Å²) in [5.74, 6) is 0. The summed E-state index contributed by atoms with van der Waals surface area (Å²) in [7, 11) is -2.40. The maximum atomic E-state index is 11.7. The molecule has 0 aliphatic carbocycles. The molecule has 0 unspecified atom stereocenters. The third-order valence-electron chi connectivity index (χ3n) is 1.70. The van der Waals surface area contributed by atoms with Gasteiger partial charge in [0.25, 0.3) is 0 Å². The zero-order valence-electron chi connectivity index (χ0n) is 7.84. The van der Waals surface area contributed by atoms with Gasteiger partial charge in [0, 0.05) is 0 Å². The molecule has 72 valence electrons. The van der Waals surface area contributed by atoms with Crippen molar-refractivity contribution in [2.24, 2.45) is 0 Å². The number of pyridine rings is 1. The minimum atomic E-state index is -2.40. The van der Waals surface area contributed by atoms with Crippen molar-refractivity contribution in [3.8, 4) is 0 Å². The van der Waals surface area contributed by atoms with Gasteiger partial charge in [-0.15, -0.1) is 0 Å². The Morgan fingerprint density at radius 1 is 1.54 bits per heavy atom. The second-order valence-electron chi connectivity index (χ2n) is 3.32. The number of halogens is 1. The minimum Gasteiger partial charge on any atom is -0.397 e. The Bertz CT molecular complexity index is 386. The third kappa shape index (κ3) is 2.23. The Labute approximate surface area is 82.7 Å². The number of anilines is 1. The fourth-order valence-electron chi connectivity index (χ4n) is 0.960. The van der Waals surface area contributed by atoms with Crippen LogP contribution in [-0.2, 0) is 4.57 Å². The molecule has 0 saturated heterocycles. The highest BCUT2D eigenvalue weighted by Crippen LogP contribution is 2.37. The fraction of sp³-hybridized carbons (Fsp3) is 0.375. The number of aromatic nitrogens is 1. The average molecular weight is 219 g/mol. The van der Waals surface area contributed by atoms with Crippen LogP contribution < -0.4 is 11.2 Å². The summed E-state index contributed by atoms with van der Waals surface area (Å²) in [6.45, 7) is 5.04. The predicted molar refractivity (Wildman–Crippen MR) is 57.5 cm³/mol. The molecule has 0 amide bonds. The zero-order chi connectivity index (χ0) is 10.2. The Balaban J connectivity index is 3.41. The maximum absolute atomic E-state index is 11.7. The molecule has 13 heavy (non-hydrogen) atoms. The van der Waals surface area contributed by atoms with Gasteiger partial charge in [0.05, 0.1) is 16.4 Å². The molecular weight excluding hydrogens is 207 g/mol. The van der Waals surface area contributed by atoms with E-state index in [4.69, 9.17) is 17.3 Å². The Kier molecular flexibility index (Phi) is 2.69. The molecule has 1 aromatic rings. The third-order valence-corrected chi connectivity index (χ3v) is 3.48. The molecule has 0 aromatic carbocycles. The van der Waals surface area contributed by atoms with Crippen LogP contribution in [0.3, 0.4) is 0 Å². The van der Waals surface area contributed by atoms with Gasteiger partial charge in [-0.3, -0.25) is 0 Å². The van der Waals surface area contributed by atoms with Crippen molar-refractivity contribution in [3.05, 3.63) is 16.8 Å². The summed E-state index contributed by atoms with van der Waals surface area (Å²) in [6.07, 6.45) is 0. The van der Waals surface area contributed by atoms with Crippen LogP contribution in [0.1, 0.15) is 5.69 Å². The lowest BCUT2D eigenvalue weighted by Gasteiger charge is -2.10. The molecule has 1 rings (SSSR count). The van der Waals surface area contributed by atoms with E-state index in [2.05, 4.69) is 4.98 Å².